The highest BCUT2D eigenvalue weighted by Gasteiger charge is 2.39. The molecule has 1 aliphatic carbocycles. The van der Waals surface area contributed by atoms with E-state index in [-0.39, 0.29) is 18.9 Å². The molecule has 0 unspecified atom stereocenters. The molecule has 0 aromatic rings. The molecule has 1 saturated carbocycles. The highest BCUT2D eigenvalue weighted by molar-refractivity contribution is 4.90. The van der Waals surface area contributed by atoms with Gasteiger partial charge in [0.05, 0.1) is 12.2 Å². The molecule has 4 nitrogen and oxygen atoms in total. The smallest absolute Gasteiger partial charge is 0.106 e. The summed E-state index contributed by atoms with van der Waals surface area (Å²) in [7, 11) is 0. The molecule has 1 aliphatic rings. The largest absolute Gasteiger partial charge is 0.396 e. The van der Waals surface area contributed by atoms with Crippen LogP contribution in [0.1, 0.15) is 6.42 Å². The summed E-state index contributed by atoms with van der Waals surface area (Å²) in [5.41, 5.74) is 0. The van der Waals surface area contributed by atoms with Crippen LogP contribution in [-0.2, 0) is 0 Å². The van der Waals surface area contributed by atoms with Gasteiger partial charge in [0, 0.05) is 12.5 Å². The maximum Gasteiger partial charge on any atom is 0.106 e. The van der Waals surface area contributed by atoms with E-state index in [2.05, 4.69) is 0 Å². The van der Waals surface area contributed by atoms with Crippen LogP contribution < -0.4 is 0 Å². The fourth-order valence-corrected chi connectivity index (χ4v) is 1.28. The lowest BCUT2D eigenvalue weighted by Gasteiger charge is -2.12. The molecular weight excluding hydrogens is 136 g/mol. The molecule has 1 rings (SSSR count). The van der Waals surface area contributed by atoms with E-state index in [1.165, 1.54) is 0 Å². The fraction of sp³-hybridized carbons (Fsp3) is 1.00. The minimum atomic E-state index is -1.09. The van der Waals surface area contributed by atoms with E-state index in [4.69, 9.17) is 20.4 Å². The van der Waals surface area contributed by atoms with Gasteiger partial charge in [-0.1, -0.05) is 0 Å². The van der Waals surface area contributed by atoms with Crippen molar-refractivity contribution in [1.82, 2.24) is 0 Å². The number of hydrogen-bond acceptors (Lipinski definition) is 4. The number of hydrogen-bond donors (Lipinski definition) is 4. The molecule has 0 aromatic heterocycles. The third kappa shape index (κ3) is 1.15. The second-order valence-corrected chi connectivity index (χ2v) is 2.73. The predicted molar refractivity (Wildman–Crippen MR) is 33.2 cm³/mol. The van der Waals surface area contributed by atoms with Gasteiger partial charge < -0.3 is 20.4 Å². The molecule has 0 spiro atoms. The van der Waals surface area contributed by atoms with E-state index in [9.17, 15) is 0 Å². The summed E-state index contributed by atoms with van der Waals surface area (Å²) in [4.78, 5) is 0. The molecule has 0 aliphatic heterocycles. The van der Waals surface area contributed by atoms with E-state index in [0.717, 1.165) is 0 Å². The molecule has 4 atom stereocenters. The number of aliphatic hydroxyl groups excluding tert-OH is 4. The van der Waals surface area contributed by atoms with Crippen molar-refractivity contribution in [1.29, 1.82) is 0 Å². The third-order valence-corrected chi connectivity index (χ3v) is 2.01. The van der Waals surface area contributed by atoms with Crippen LogP contribution >= 0.6 is 0 Å². The topological polar surface area (TPSA) is 80.9 Å². The van der Waals surface area contributed by atoms with E-state index >= 15 is 0 Å². The van der Waals surface area contributed by atoms with Crippen LogP contribution in [0.4, 0.5) is 0 Å². The molecule has 0 heterocycles. The molecule has 4 N–H and O–H groups in total. The summed E-state index contributed by atoms with van der Waals surface area (Å²) in [6.45, 7) is -0.185. The van der Waals surface area contributed by atoms with Crippen molar-refractivity contribution in [2.24, 2.45) is 5.92 Å². The molecule has 0 aromatic carbocycles. The van der Waals surface area contributed by atoms with Crippen LogP contribution in [0.25, 0.3) is 0 Å². The van der Waals surface area contributed by atoms with Crippen LogP contribution in [-0.4, -0.2) is 45.3 Å². The molecule has 10 heavy (non-hydrogen) atoms. The summed E-state index contributed by atoms with van der Waals surface area (Å²) in [5.74, 6) is -0.370. The van der Waals surface area contributed by atoms with Gasteiger partial charge >= 0.3 is 0 Å². The van der Waals surface area contributed by atoms with Gasteiger partial charge in [-0.25, -0.2) is 0 Å². The standard InChI is InChI=1S/C6H12O4/c7-2-3-1-4(8)6(10)5(3)9/h3-10H,1-2H2/t3-,4-,5-,6-/m1/s1. The van der Waals surface area contributed by atoms with Gasteiger partial charge in [-0.15, -0.1) is 0 Å². The Morgan fingerprint density at radius 3 is 1.90 bits per heavy atom. The van der Waals surface area contributed by atoms with Crippen molar-refractivity contribution < 1.29 is 20.4 Å². The summed E-state index contributed by atoms with van der Waals surface area (Å²) < 4.78 is 0. The van der Waals surface area contributed by atoms with E-state index in [0.29, 0.717) is 0 Å². The summed E-state index contributed by atoms with van der Waals surface area (Å²) in [5, 5.41) is 35.6. The maximum atomic E-state index is 9.06. The van der Waals surface area contributed by atoms with Crippen LogP contribution in [0.3, 0.4) is 0 Å². The van der Waals surface area contributed by atoms with Gasteiger partial charge in [-0.05, 0) is 6.42 Å². The van der Waals surface area contributed by atoms with Gasteiger partial charge in [0.1, 0.15) is 6.10 Å². The molecule has 0 saturated heterocycles. The Morgan fingerprint density at radius 1 is 1.10 bits per heavy atom. The first kappa shape index (κ1) is 7.94. The minimum Gasteiger partial charge on any atom is -0.396 e. The molecule has 4 heteroatoms. The van der Waals surface area contributed by atoms with E-state index in [1.807, 2.05) is 0 Å². The van der Waals surface area contributed by atoms with Crippen molar-refractivity contribution in [3.05, 3.63) is 0 Å². The molecule has 0 amide bonds. The van der Waals surface area contributed by atoms with E-state index < -0.39 is 18.3 Å². The zero-order valence-electron chi connectivity index (χ0n) is 5.51. The van der Waals surface area contributed by atoms with Crippen molar-refractivity contribution in [3.63, 3.8) is 0 Å². The molecule has 0 bridgehead atoms. The van der Waals surface area contributed by atoms with Gasteiger partial charge in [0.2, 0.25) is 0 Å². The lowest BCUT2D eigenvalue weighted by molar-refractivity contribution is -0.0302. The van der Waals surface area contributed by atoms with Crippen LogP contribution in [0, 0.1) is 5.92 Å². The van der Waals surface area contributed by atoms with Crippen molar-refractivity contribution in [2.75, 3.05) is 6.61 Å². The van der Waals surface area contributed by atoms with E-state index in [1.54, 1.807) is 0 Å². The highest BCUT2D eigenvalue weighted by atomic mass is 16.4. The summed E-state index contributed by atoms with van der Waals surface area (Å²) in [6, 6.07) is 0. The normalized spacial score (nSPS) is 48.0. The number of aliphatic hydroxyl groups is 4. The average Bonchev–Trinajstić information content (AvgIpc) is 2.17. The number of rotatable bonds is 1. The van der Waals surface area contributed by atoms with Crippen LogP contribution in [0.15, 0.2) is 0 Å². The minimum absolute atomic E-state index is 0.185. The monoisotopic (exact) mass is 148 g/mol. The molecule has 60 valence electrons. The molecular formula is C6H12O4. The Bertz CT molecular complexity index is 116. The van der Waals surface area contributed by atoms with Crippen LogP contribution in [0.2, 0.25) is 0 Å². The Hall–Kier alpha value is -0.160. The third-order valence-electron chi connectivity index (χ3n) is 2.01. The Labute approximate surface area is 58.7 Å². The molecule has 1 fully saturated rings. The van der Waals surface area contributed by atoms with Gasteiger partial charge in [0.15, 0.2) is 0 Å². The SMILES string of the molecule is OC[C@H]1C[C@@H](O)[C@@H](O)[C@@H]1O. The predicted octanol–water partition coefficient (Wildman–Crippen LogP) is -1.92. The molecule has 0 radical (unpaired) electrons. The quantitative estimate of drug-likeness (QED) is 0.349. The first-order chi connectivity index (χ1) is 4.66. The highest BCUT2D eigenvalue weighted by Crippen LogP contribution is 2.25. The first-order valence-corrected chi connectivity index (χ1v) is 3.32. The second-order valence-electron chi connectivity index (χ2n) is 2.73. The lowest BCUT2D eigenvalue weighted by atomic mass is 10.1. The maximum absolute atomic E-state index is 9.06. The van der Waals surface area contributed by atoms with Gasteiger partial charge in [-0.2, -0.15) is 0 Å². The summed E-state index contributed by atoms with van der Waals surface area (Å²) in [6.07, 6.45) is -2.66. The zero-order chi connectivity index (χ0) is 7.72. The Kier molecular flexibility index (Phi) is 2.25. The van der Waals surface area contributed by atoms with Crippen molar-refractivity contribution in [3.8, 4) is 0 Å². The summed E-state index contributed by atoms with van der Waals surface area (Å²) >= 11 is 0. The van der Waals surface area contributed by atoms with Crippen LogP contribution in [0.5, 0.6) is 0 Å². The van der Waals surface area contributed by atoms with Gasteiger partial charge in [0.25, 0.3) is 0 Å². The Morgan fingerprint density at radius 2 is 1.70 bits per heavy atom. The Balaban J connectivity index is 2.53. The first-order valence-electron chi connectivity index (χ1n) is 3.32. The second kappa shape index (κ2) is 2.84. The fourth-order valence-electron chi connectivity index (χ4n) is 1.28. The zero-order valence-corrected chi connectivity index (χ0v) is 5.51. The van der Waals surface area contributed by atoms with Gasteiger partial charge in [-0.3, -0.25) is 0 Å². The lowest BCUT2D eigenvalue weighted by Crippen LogP contribution is -2.31. The average molecular weight is 148 g/mol. The van der Waals surface area contributed by atoms with Crippen molar-refractivity contribution in [2.45, 2.75) is 24.7 Å². The van der Waals surface area contributed by atoms with Crippen molar-refractivity contribution >= 4 is 0 Å².